The van der Waals surface area contributed by atoms with Gasteiger partial charge in [-0.25, -0.2) is 0 Å². The minimum absolute atomic E-state index is 0.193. The first-order valence-corrected chi connectivity index (χ1v) is 5.79. The van der Waals surface area contributed by atoms with Gasteiger partial charge in [0.2, 0.25) is 0 Å². The van der Waals surface area contributed by atoms with Gasteiger partial charge in [0.15, 0.2) is 0 Å². The number of ether oxygens (including phenoxy) is 1. The first-order chi connectivity index (χ1) is 9.08. The molecule has 19 heavy (non-hydrogen) atoms. The number of hydrogen-bond donors (Lipinski definition) is 2. The van der Waals surface area contributed by atoms with E-state index in [0.717, 1.165) is 0 Å². The molecule has 0 saturated heterocycles. The summed E-state index contributed by atoms with van der Waals surface area (Å²) < 4.78 is 4.41. The van der Waals surface area contributed by atoms with Crippen LogP contribution in [0.5, 0.6) is 0 Å². The number of benzene rings is 1. The second kappa shape index (κ2) is 7.41. The van der Waals surface area contributed by atoms with E-state index in [0.29, 0.717) is 16.1 Å². The van der Waals surface area contributed by atoms with Crippen molar-refractivity contribution in [2.24, 2.45) is 5.73 Å². The molecular weight excluding hydrogens is 268 g/mol. The number of nitrogens with two attached hydrogens (primary N) is 1. The zero-order valence-electron chi connectivity index (χ0n) is 10.3. The van der Waals surface area contributed by atoms with Crippen LogP contribution in [0, 0.1) is 11.8 Å². The van der Waals surface area contributed by atoms with E-state index in [1.54, 1.807) is 12.1 Å². The predicted octanol–water partition coefficient (Wildman–Crippen LogP) is 0.553. The monoisotopic (exact) mass is 280 g/mol. The quantitative estimate of drug-likeness (QED) is 0.626. The average Bonchev–Trinajstić information content (AvgIpc) is 2.42. The van der Waals surface area contributed by atoms with Gasteiger partial charge in [-0.1, -0.05) is 23.4 Å². The zero-order valence-corrected chi connectivity index (χ0v) is 11.1. The standard InChI is InChI=1S/C13H13ClN2O3/c1-19-12(17)8-16-13(18)10-5-4-9(3-2-6-15)11(14)7-10/h4-5,7H,6,8,15H2,1H3,(H,16,18). The Labute approximate surface area is 116 Å². The largest absolute Gasteiger partial charge is 0.468 e. The van der Waals surface area contributed by atoms with E-state index >= 15 is 0 Å². The molecule has 0 spiro atoms. The van der Waals surface area contributed by atoms with Crippen molar-refractivity contribution < 1.29 is 14.3 Å². The summed E-state index contributed by atoms with van der Waals surface area (Å²) in [5, 5.41) is 2.76. The van der Waals surface area contributed by atoms with Crippen molar-refractivity contribution in [2.75, 3.05) is 20.2 Å². The molecule has 0 bridgehead atoms. The van der Waals surface area contributed by atoms with E-state index in [9.17, 15) is 9.59 Å². The van der Waals surface area contributed by atoms with Crippen LogP contribution in [0.25, 0.3) is 0 Å². The zero-order chi connectivity index (χ0) is 14.3. The Morgan fingerprint density at radius 3 is 2.79 bits per heavy atom. The fourth-order valence-corrected chi connectivity index (χ4v) is 1.46. The van der Waals surface area contributed by atoms with E-state index in [1.807, 2.05) is 0 Å². The molecule has 0 aromatic heterocycles. The van der Waals surface area contributed by atoms with Crippen LogP contribution in [0.4, 0.5) is 0 Å². The molecule has 5 nitrogen and oxygen atoms in total. The molecular formula is C13H13ClN2O3. The molecule has 0 aliphatic rings. The van der Waals surface area contributed by atoms with Crippen LogP contribution in [-0.2, 0) is 9.53 Å². The molecule has 1 amide bonds. The lowest BCUT2D eigenvalue weighted by molar-refractivity contribution is -0.139. The fourth-order valence-electron chi connectivity index (χ4n) is 1.23. The molecule has 1 aromatic carbocycles. The number of nitrogens with one attached hydrogen (secondary N) is 1. The Bertz CT molecular complexity index is 547. The second-order valence-corrected chi connectivity index (χ2v) is 3.87. The van der Waals surface area contributed by atoms with Crippen molar-refractivity contribution in [3.05, 3.63) is 34.3 Å². The number of carbonyl (C=O) groups excluding carboxylic acids is 2. The Morgan fingerprint density at radius 2 is 2.21 bits per heavy atom. The van der Waals surface area contributed by atoms with Gasteiger partial charge in [-0.15, -0.1) is 0 Å². The third-order valence-corrected chi connectivity index (χ3v) is 2.49. The Hall–Kier alpha value is -2.03. The predicted molar refractivity (Wildman–Crippen MR) is 71.7 cm³/mol. The highest BCUT2D eigenvalue weighted by molar-refractivity contribution is 6.32. The molecule has 6 heteroatoms. The minimum Gasteiger partial charge on any atom is -0.468 e. The lowest BCUT2D eigenvalue weighted by Gasteiger charge is -2.05. The van der Waals surface area contributed by atoms with E-state index in [-0.39, 0.29) is 13.1 Å². The summed E-state index contributed by atoms with van der Waals surface area (Å²) in [6.07, 6.45) is 0. The highest BCUT2D eigenvalue weighted by Gasteiger charge is 2.09. The molecule has 0 unspecified atom stereocenters. The fraction of sp³-hybridized carbons (Fsp3) is 0.231. The summed E-state index contributed by atoms with van der Waals surface area (Å²) in [4.78, 5) is 22.6. The third kappa shape index (κ3) is 4.62. The van der Waals surface area contributed by atoms with Gasteiger partial charge in [-0.2, -0.15) is 0 Å². The summed E-state index contributed by atoms with van der Waals surface area (Å²) in [6.45, 7) is 0.0411. The summed E-state index contributed by atoms with van der Waals surface area (Å²) >= 11 is 5.98. The molecule has 0 saturated carbocycles. The van der Waals surface area contributed by atoms with Gasteiger partial charge in [0, 0.05) is 11.1 Å². The van der Waals surface area contributed by atoms with Crippen LogP contribution in [0.1, 0.15) is 15.9 Å². The van der Waals surface area contributed by atoms with Gasteiger partial charge < -0.3 is 15.8 Å². The summed E-state index contributed by atoms with van der Waals surface area (Å²) in [5.74, 6) is 4.52. The maximum absolute atomic E-state index is 11.7. The van der Waals surface area contributed by atoms with Crippen molar-refractivity contribution in [2.45, 2.75) is 0 Å². The number of esters is 1. The highest BCUT2D eigenvalue weighted by Crippen LogP contribution is 2.16. The SMILES string of the molecule is COC(=O)CNC(=O)c1ccc(C#CCN)c(Cl)c1. The molecule has 0 radical (unpaired) electrons. The molecule has 1 rings (SSSR count). The summed E-state index contributed by atoms with van der Waals surface area (Å²) in [6, 6.07) is 4.67. The maximum Gasteiger partial charge on any atom is 0.325 e. The smallest absolute Gasteiger partial charge is 0.325 e. The van der Waals surface area contributed by atoms with Crippen molar-refractivity contribution in [3.63, 3.8) is 0 Å². The number of hydrogen-bond acceptors (Lipinski definition) is 4. The first kappa shape index (κ1) is 15.0. The number of carbonyl (C=O) groups is 2. The lowest BCUT2D eigenvalue weighted by Crippen LogP contribution is -2.30. The summed E-state index contributed by atoms with van der Waals surface area (Å²) in [5.41, 5.74) is 6.20. The maximum atomic E-state index is 11.7. The van der Waals surface area contributed by atoms with Crippen molar-refractivity contribution in [3.8, 4) is 11.8 Å². The molecule has 0 atom stereocenters. The summed E-state index contributed by atoms with van der Waals surface area (Å²) in [7, 11) is 1.25. The van der Waals surface area contributed by atoms with Crippen LogP contribution in [0.3, 0.4) is 0 Å². The second-order valence-electron chi connectivity index (χ2n) is 3.46. The molecule has 0 heterocycles. The van der Waals surface area contributed by atoms with E-state index in [2.05, 4.69) is 21.9 Å². The van der Waals surface area contributed by atoms with Crippen LogP contribution >= 0.6 is 11.6 Å². The van der Waals surface area contributed by atoms with Crippen LogP contribution in [0.2, 0.25) is 5.02 Å². The Kier molecular flexibility index (Phi) is 5.86. The van der Waals surface area contributed by atoms with E-state index < -0.39 is 11.9 Å². The molecule has 100 valence electrons. The number of amides is 1. The van der Waals surface area contributed by atoms with Crippen LogP contribution < -0.4 is 11.1 Å². The number of halogens is 1. The van der Waals surface area contributed by atoms with Gasteiger partial charge in [-0.3, -0.25) is 9.59 Å². The topological polar surface area (TPSA) is 81.4 Å². The molecule has 3 N–H and O–H groups in total. The number of rotatable bonds is 3. The van der Waals surface area contributed by atoms with Gasteiger partial charge in [0.05, 0.1) is 18.7 Å². The number of methoxy groups -OCH3 is 1. The van der Waals surface area contributed by atoms with Crippen molar-refractivity contribution in [1.29, 1.82) is 0 Å². The minimum atomic E-state index is -0.523. The van der Waals surface area contributed by atoms with E-state index in [4.69, 9.17) is 17.3 Å². The van der Waals surface area contributed by atoms with Gasteiger partial charge in [-0.05, 0) is 18.2 Å². The molecule has 1 aromatic rings. The normalized spacial score (nSPS) is 9.21. The van der Waals surface area contributed by atoms with Gasteiger partial charge >= 0.3 is 5.97 Å². The van der Waals surface area contributed by atoms with Gasteiger partial charge in [0.25, 0.3) is 5.91 Å². The lowest BCUT2D eigenvalue weighted by atomic mass is 10.1. The first-order valence-electron chi connectivity index (χ1n) is 5.42. The van der Waals surface area contributed by atoms with Crippen LogP contribution in [0.15, 0.2) is 18.2 Å². The molecule has 0 aliphatic carbocycles. The highest BCUT2D eigenvalue weighted by atomic mass is 35.5. The van der Waals surface area contributed by atoms with E-state index in [1.165, 1.54) is 13.2 Å². The average molecular weight is 281 g/mol. The van der Waals surface area contributed by atoms with Gasteiger partial charge in [0.1, 0.15) is 6.54 Å². The Balaban J connectivity index is 2.77. The van der Waals surface area contributed by atoms with Crippen molar-refractivity contribution >= 4 is 23.5 Å². The van der Waals surface area contributed by atoms with Crippen molar-refractivity contribution in [1.82, 2.24) is 5.32 Å². The third-order valence-electron chi connectivity index (χ3n) is 2.18. The molecule has 0 fully saturated rings. The Morgan fingerprint density at radius 1 is 1.47 bits per heavy atom. The van der Waals surface area contributed by atoms with Crippen LogP contribution in [-0.4, -0.2) is 32.1 Å². The molecule has 0 aliphatic heterocycles.